The molecule has 0 radical (unpaired) electrons. The van der Waals surface area contributed by atoms with Gasteiger partial charge in [0.25, 0.3) is 0 Å². The van der Waals surface area contributed by atoms with E-state index < -0.39 is 0 Å². The maximum absolute atomic E-state index is 6.20. The Balaban J connectivity index is 1.45. The largest absolute Gasteiger partial charge is 0.374 e. The predicted molar refractivity (Wildman–Crippen MR) is 90.0 cm³/mol. The molecule has 4 heteroatoms. The molecule has 126 valence electrons. The van der Waals surface area contributed by atoms with E-state index in [9.17, 15) is 0 Å². The van der Waals surface area contributed by atoms with Crippen LogP contribution in [-0.2, 0) is 9.47 Å². The van der Waals surface area contributed by atoms with E-state index in [0.29, 0.717) is 5.41 Å². The van der Waals surface area contributed by atoms with Crippen molar-refractivity contribution in [2.24, 2.45) is 5.41 Å². The van der Waals surface area contributed by atoms with E-state index in [2.05, 4.69) is 31.2 Å². The van der Waals surface area contributed by atoms with Crippen LogP contribution in [0.1, 0.15) is 70.6 Å². The molecule has 1 aromatic heterocycles. The van der Waals surface area contributed by atoms with Crippen LogP contribution in [0.4, 0.5) is 0 Å². The Bertz CT molecular complexity index is 598. The Morgan fingerprint density at radius 3 is 2.87 bits per heavy atom. The third kappa shape index (κ3) is 3.11. The van der Waals surface area contributed by atoms with Crippen molar-refractivity contribution < 1.29 is 9.47 Å². The van der Waals surface area contributed by atoms with Crippen LogP contribution >= 0.6 is 0 Å². The lowest BCUT2D eigenvalue weighted by Crippen LogP contribution is -2.30. The number of nitrogens with zero attached hydrogens (tertiary/aromatic N) is 2. The van der Waals surface area contributed by atoms with Gasteiger partial charge in [-0.1, -0.05) is 19.9 Å². The first kappa shape index (κ1) is 15.4. The minimum Gasteiger partial charge on any atom is -0.374 e. The van der Waals surface area contributed by atoms with Crippen molar-refractivity contribution in [3.8, 4) is 0 Å². The van der Waals surface area contributed by atoms with Gasteiger partial charge in [-0.15, -0.1) is 0 Å². The molecule has 0 bridgehead atoms. The van der Waals surface area contributed by atoms with Crippen molar-refractivity contribution in [2.45, 2.75) is 70.6 Å². The zero-order valence-corrected chi connectivity index (χ0v) is 14.4. The Labute approximate surface area is 138 Å². The van der Waals surface area contributed by atoms with E-state index in [4.69, 9.17) is 9.47 Å². The number of hydrogen-bond donors (Lipinski definition) is 0. The molecule has 2 aliphatic heterocycles. The molecule has 4 nitrogen and oxygen atoms in total. The van der Waals surface area contributed by atoms with E-state index in [-0.39, 0.29) is 11.8 Å². The summed E-state index contributed by atoms with van der Waals surface area (Å²) in [4.78, 5) is 0. The zero-order valence-electron chi connectivity index (χ0n) is 14.4. The van der Waals surface area contributed by atoms with E-state index in [1.54, 1.807) is 0 Å². The average molecular weight is 316 g/mol. The summed E-state index contributed by atoms with van der Waals surface area (Å²) >= 11 is 0. The molecule has 0 saturated carbocycles. The highest BCUT2D eigenvalue weighted by molar-refractivity contribution is 5.65. The summed E-state index contributed by atoms with van der Waals surface area (Å²) in [6.45, 7) is 6.38. The molecule has 2 atom stereocenters. The van der Waals surface area contributed by atoms with Crippen LogP contribution in [0.25, 0.3) is 5.57 Å². The maximum Gasteiger partial charge on any atom is 0.150 e. The summed E-state index contributed by atoms with van der Waals surface area (Å²) in [6.07, 6.45) is 14.6. The lowest BCUT2D eigenvalue weighted by Gasteiger charge is -2.32. The first-order valence-electron chi connectivity index (χ1n) is 9.05. The van der Waals surface area contributed by atoms with Gasteiger partial charge in [-0.25, -0.2) is 4.68 Å². The minimum atomic E-state index is 0.0927. The van der Waals surface area contributed by atoms with Crippen molar-refractivity contribution in [3.63, 3.8) is 0 Å². The van der Waals surface area contributed by atoms with E-state index in [1.165, 1.54) is 30.4 Å². The zero-order chi connectivity index (χ0) is 15.9. The first-order valence-corrected chi connectivity index (χ1v) is 9.05. The van der Waals surface area contributed by atoms with Crippen molar-refractivity contribution in [1.82, 2.24) is 9.78 Å². The lowest BCUT2D eigenvalue weighted by atomic mass is 9.76. The van der Waals surface area contributed by atoms with Gasteiger partial charge in [0.2, 0.25) is 0 Å². The number of allylic oxidation sites excluding steroid dienone is 1. The smallest absolute Gasteiger partial charge is 0.150 e. The fourth-order valence-corrected chi connectivity index (χ4v) is 4.35. The summed E-state index contributed by atoms with van der Waals surface area (Å²) in [5.74, 6) is 0. The maximum atomic E-state index is 6.20. The molecular formula is C19H28N2O2. The van der Waals surface area contributed by atoms with Gasteiger partial charge < -0.3 is 9.47 Å². The molecule has 2 unspecified atom stereocenters. The Kier molecular flexibility index (Phi) is 3.85. The summed E-state index contributed by atoms with van der Waals surface area (Å²) in [6, 6.07) is 0. The second-order valence-electron chi connectivity index (χ2n) is 8.28. The molecule has 0 N–H and O–H groups in total. The normalized spacial score (nSPS) is 33.8. The van der Waals surface area contributed by atoms with Gasteiger partial charge in [-0.05, 0) is 55.9 Å². The fraction of sp³-hybridized carbons (Fsp3) is 0.737. The van der Waals surface area contributed by atoms with E-state index in [1.807, 2.05) is 10.9 Å². The molecular weight excluding hydrogens is 288 g/mol. The van der Waals surface area contributed by atoms with Crippen LogP contribution in [0.3, 0.4) is 0 Å². The third-order valence-electron chi connectivity index (χ3n) is 5.56. The van der Waals surface area contributed by atoms with E-state index in [0.717, 1.165) is 38.9 Å². The summed E-state index contributed by atoms with van der Waals surface area (Å²) in [5.41, 5.74) is 3.10. The fourth-order valence-electron chi connectivity index (χ4n) is 4.35. The van der Waals surface area contributed by atoms with Crippen molar-refractivity contribution in [3.05, 3.63) is 24.0 Å². The second kappa shape index (κ2) is 5.75. The second-order valence-corrected chi connectivity index (χ2v) is 8.28. The van der Waals surface area contributed by atoms with Crippen LogP contribution < -0.4 is 0 Å². The minimum absolute atomic E-state index is 0.0927. The van der Waals surface area contributed by atoms with Gasteiger partial charge in [0, 0.05) is 18.4 Å². The van der Waals surface area contributed by atoms with Crippen molar-refractivity contribution >= 4 is 5.57 Å². The Hall–Kier alpha value is -1.13. The summed E-state index contributed by atoms with van der Waals surface area (Å²) in [7, 11) is 0. The van der Waals surface area contributed by atoms with Crippen LogP contribution in [0.5, 0.6) is 0 Å². The number of ether oxygens (including phenoxy) is 2. The summed E-state index contributed by atoms with van der Waals surface area (Å²) in [5, 5.41) is 4.55. The lowest BCUT2D eigenvalue weighted by molar-refractivity contribution is -0.0395. The topological polar surface area (TPSA) is 36.3 Å². The monoisotopic (exact) mass is 316 g/mol. The quantitative estimate of drug-likeness (QED) is 0.814. The molecule has 0 aromatic carbocycles. The molecule has 1 spiro atoms. The van der Waals surface area contributed by atoms with Crippen LogP contribution in [0.15, 0.2) is 18.5 Å². The predicted octanol–water partition coefficient (Wildman–Crippen LogP) is 4.33. The van der Waals surface area contributed by atoms with Crippen LogP contribution in [-0.4, -0.2) is 28.6 Å². The first-order chi connectivity index (χ1) is 11.1. The molecule has 3 aliphatic rings. The highest BCUT2D eigenvalue weighted by atomic mass is 16.5. The Morgan fingerprint density at radius 1 is 1.30 bits per heavy atom. The SMILES string of the molecule is CC1(C)COC2(CC=C(c3cnn(C4CCCCO4)c3)CC2)C1. The average Bonchev–Trinajstić information content (AvgIpc) is 3.15. The third-order valence-corrected chi connectivity index (χ3v) is 5.56. The number of hydrogen-bond acceptors (Lipinski definition) is 3. The molecule has 0 amide bonds. The van der Waals surface area contributed by atoms with Gasteiger partial charge in [0.1, 0.15) is 6.23 Å². The van der Waals surface area contributed by atoms with Gasteiger partial charge in [0.05, 0.1) is 18.4 Å². The van der Waals surface area contributed by atoms with Gasteiger partial charge in [-0.2, -0.15) is 5.10 Å². The van der Waals surface area contributed by atoms with Crippen LogP contribution in [0.2, 0.25) is 0 Å². The highest BCUT2D eigenvalue weighted by Crippen LogP contribution is 2.47. The van der Waals surface area contributed by atoms with Gasteiger partial charge in [0.15, 0.2) is 0 Å². The van der Waals surface area contributed by atoms with Crippen molar-refractivity contribution in [1.29, 1.82) is 0 Å². The molecule has 23 heavy (non-hydrogen) atoms. The highest BCUT2D eigenvalue weighted by Gasteiger charge is 2.44. The van der Waals surface area contributed by atoms with Gasteiger partial charge >= 0.3 is 0 Å². The van der Waals surface area contributed by atoms with Gasteiger partial charge in [-0.3, -0.25) is 0 Å². The molecule has 2 saturated heterocycles. The molecule has 4 rings (SSSR count). The molecule has 3 heterocycles. The van der Waals surface area contributed by atoms with Crippen LogP contribution in [0, 0.1) is 5.41 Å². The standard InChI is InChI=1S/C19H28N2O2/c1-18(2)13-19(23-14-18)8-6-15(7-9-19)16-11-20-21(12-16)17-5-3-4-10-22-17/h6,11-12,17H,3-5,7-10,13-14H2,1-2H3. The summed E-state index contributed by atoms with van der Waals surface area (Å²) < 4.78 is 14.0. The number of aromatic nitrogens is 2. The molecule has 1 aromatic rings. The van der Waals surface area contributed by atoms with E-state index >= 15 is 0 Å². The Morgan fingerprint density at radius 2 is 2.22 bits per heavy atom. The number of rotatable bonds is 2. The van der Waals surface area contributed by atoms with Crippen molar-refractivity contribution in [2.75, 3.05) is 13.2 Å². The molecule has 2 fully saturated rings. The molecule has 1 aliphatic carbocycles.